The van der Waals surface area contributed by atoms with Gasteiger partial charge in [0.15, 0.2) is 0 Å². The van der Waals surface area contributed by atoms with Crippen molar-refractivity contribution in [1.29, 1.82) is 0 Å². The molecule has 0 spiro atoms. The Balaban J connectivity index is 5.63. The van der Waals surface area contributed by atoms with Gasteiger partial charge < -0.3 is 19.6 Å². The first kappa shape index (κ1) is 32.0. The molecule has 2 unspecified atom stereocenters. The quantitative estimate of drug-likeness (QED) is 0.124. The van der Waals surface area contributed by atoms with Gasteiger partial charge in [0.1, 0.15) is 6.61 Å². The molecule has 10 heteroatoms. The first-order valence-electron chi connectivity index (χ1n) is 11.4. The summed E-state index contributed by atoms with van der Waals surface area (Å²) in [5.41, 5.74) is -3.03. The van der Waals surface area contributed by atoms with E-state index in [-0.39, 0.29) is 19.8 Å². The molecule has 0 aliphatic carbocycles. The summed E-state index contributed by atoms with van der Waals surface area (Å²) in [6.07, 6.45) is 2.42. The van der Waals surface area contributed by atoms with Crippen molar-refractivity contribution in [3.63, 3.8) is 0 Å². The van der Waals surface area contributed by atoms with Crippen molar-refractivity contribution < 1.29 is 33.1 Å². The maximum Gasteiger partial charge on any atom is 0.472 e. The summed E-state index contributed by atoms with van der Waals surface area (Å²) < 4.78 is 26.8. The Morgan fingerprint density at radius 1 is 0.938 bits per heavy atom. The lowest BCUT2D eigenvalue weighted by Gasteiger charge is -2.59. The number of carbonyl (C=O) groups is 1. The highest BCUT2D eigenvalue weighted by atomic mass is 79.9. The van der Waals surface area contributed by atoms with E-state index in [9.17, 15) is 19.4 Å². The van der Waals surface area contributed by atoms with E-state index in [4.69, 9.17) is 13.8 Å². The minimum absolute atomic E-state index is 0.0405. The molecular weight excluding hydrogens is 501 g/mol. The molecule has 0 heterocycles. The molecule has 0 aliphatic rings. The Kier molecular flexibility index (Phi) is 12.6. The molecule has 0 fully saturated rings. The molecule has 0 bridgehead atoms. The molecule has 0 saturated heterocycles. The lowest BCUT2D eigenvalue weighted by molar-refractivity contribution is -0.194. The molecule has 0 saturated carbocycles. The number of hydrogen-bond donors (Lipinski definition) is 2. The molecule has 0 aromatic carbocycles. The second kappa shape index (κ2) is 12.6. The maximum absolute atomic E-state index is 13.6. The first-order chi connectivity index (χ1) is 14.5. The fraction of sp³-hybridized carbons (Fsp3) is 0.955. The second-order valence-electron chi connectivity index (χ2n) is 9.22. The van der Waals surface area contributed by atoms with E-state index in [1.54, 1.807) is 13.8 Å². The minimum Gasteiger partial charge on any atom is -0.463 e. The standard InChI is InChI=1S/C22H45BrNO7P/c1-10-21(11-2,19(5,6)26)20(7,22(23,12-3)13-4)18(25)29-16-17-31-32(27,28)30-15-14-24(8)9/h26H,10-17H2,1-9H3,(H,27,28). The third kappa shape index (κ3) is 7.00. The largest absolute Gasteiger partial charge is 0.472 e. The highest BCUT2D eigenvalue weighted by Crippen LogP contribution is 2.62. The van der Waals surface area contributed by atoms with Crippen LogP contribution < -0.4 is 0 Å². The Morgan fingerprint density at radius 2 is 1.41 bits per heavy atom. The summed E-state index contributed by atoms with van der Waals surface area (Å²) in [5, 5.41) is 11.2. The van der Waals surface area contributed by atoms with Crippen LogP contribution in [0.2, 0.25) is 0 Å². The van der Waals surface area contributed by atoms with Crippen molar-refractivity contribution in [3.05, 3.63) is 0 Å². The Morgan fingerprint density at radius 3 is 1.78 bits per heavy atom. The van der Waals surface area contributed by atoms with Gasteiger partial charge in [-0.1, -0.05) is 43.6 Å². The van der Waals surface area contributed by atoms with Crippen LogP contribution in [0.25, 0.3) is 0 Å². The monoisotopic (exact) mass is 545 g/mol. The molecule has 0 rings (SSSR count). The topological polar surface area (TPSA) is 106 Å². The summed E-state index contributed by atoms with van der Waals surface area (Å²) in [6, 6.07) is 0. The number of phosphoric acid groups is 1. The number of esters is 1. The summed E-state index contributed by atoms with van der Waals surface area (Å²) >= 11 is 3.85. The predicted octanol–water partition coefficient (Wildman–Crippen LogP) is 4.76. The highest BCUT2D eigenvalue weighted by Gasteiger charge is 2.66. The van der Waals surface area contributed by atoms with Crippen molar-refractivity contribution in [3.8, 4) is 0 Å². The van der Waals surface area contributed by atoms with Gasteiger partial charge in [-0.15, -0.1) is 0 Å². The third-order valence-electron chi connectivity index (χ3n) is 7.12. The average molecular weight is 546 g/mol. The van der Waals surface area contributed by atoms with Crippen molar-refractivity contribution in [2.45, 2.75) is 84.1 Å². The van der Waals surface area contributed by atoms with Crippen LogP contribution in [0.1, 0.15) is 74.1 Å². The number of carbonyl (C=O) groups excluding carboxylic acids is 1. The fourth-order valence-electron chi connectivity index (χ4n) is 5.01. The number of phosphoric ester groups is 1. The SMILES string of the molecule is CCC(Br)(CC)C(C)(C(=O)OCCOP(=O)(O)OCCN(C)C)C(CC)(CC)C(C)(C)O. The average Bonchev–Trinajstić information content (AvgIpc) is 2.69. The number of halogens is 1. The summed E-state index contributed by atoms with van der Waals surface area (Å²) in [4.78, 5) is 25.2. The van der Waals surface area contributed by atoms with E-state index in [0.29, 0.717) is 32.2 Å². The van der Waals surface area contributed by atoms with Gasteiger partial charge >= 0.3 is 13.8 Å². The molecule has 0 radical (unpaired) electrons. The van der Waals surface area contributed by atoms with Gasteiger partial charge in [-0.2, -0.15) is 0 Å². The summed E-state index contributed by atoms with van der Waals surface area (Å²) in [6.45, 7) is 13.3. The molecular formula is C22H45BrNO7P. The molecule has 8 nitrogen and oxygen atoms in total. The van der Waals surface area contributed by atoms with Gasteiger partial charge in [0.25, 0.3) is 0 Å². The molecule has 2 N–H and O–H groups in total. The predicted molar refractivity (Wildman–Crippen MR) is 131 cm³/mol. The fourth-order valence-corrected chi connectivity index (χ4v) is 6.24. The van der Waals surface area contributed by atoms with E-state index in [0.717, 1.165) is 0 Å². The van der Waals surface area contributed by atoms with Crippen LogP contribution in [0, 0.1) is 10.8 Å². The van der Waals surface area contributed by atoms with E-state index >= 15 is 0 Å². The smallest absolute Gasteiger partial charge is 0.463 e. The number of rotatable bonds is 16. The molecule has 192 valence electrons. The number of aliphatic hydroxyl groups is 1. The van der Waals surface area contributed by atoms with Crippen molar-refractivity contribution in [1.82, 2.24) is 4.90 Å². The van der Waals surface area contributed by atoms with E-state index in [2.05, 4.69) is 15.9 Å². The molecule has 2 atom stereocenters. The maximum atomic E-state index is 13.6. The number of likely N-dealkylation sites (N-methyl/N-ethyl adjacent to an activating group) is 1. The number of alkyl halides is 1. The number of hydrogen-bond acceptors (Lipinski definition) is 7. The molecule has 0 aromatic rings. The summed E-state index contributed by atoms with van der Waals surface area (Å²) in [7, 11) is -0.593. The Labute approximate surface area is 203 Å². The lowest BCUT2D eigenvalue weighted by Crippen LogP contribution is -2.65. The van der Waals surface area contributed by atoms with Crippen molar-refractivity contribution >= 4 is 29.7 Å². The van der Waals surface area contributed by atoms with Gasteiger partial charge in [0, 0.05) is 16.3 Å². The number of ether oxygens (including phenoxy) is 1. The number of nitrogens with zero attached hydrogens (tertiary/aromatic N) is 1. The highest BCUT2D eigenvalue weighted by molar-refractivity contribution is 9.10. The van der Waals surface area contributed by atoms with Gasteiger partial charge in [-0.05, 0) is 60.5 Å². The van der Waals surface area contributed by atoms with Crippen molar-refractivity contribution in [2.24, 2.45) is 10.8 Å². The van der Waals surface area contributed by atoms with Crippen molar-refractivity contribution in [2.75, 3.05) is 40.5 Å². The zero-order valence-electron chi connectivity index (χ0n) is 21.4. The van der Waals surface area contributed by atoms with Gasteiger partial charge in [0.05, 0.1) is 24.2 Å². The Hall–Kier alpha value is -0.0200. The molecule has 0 aliphatic heterocycles. The zero-order chi connectivity index (χ0) is 25.4. The Bertz CT molecular complexity index is 630. The van der Waals surface area contributed by atoms with Crippen LogP contribution in [0.4, 0.5) is 0 Å². The van der Waals surface area contributed by atoms with E-state index in [1.807, 2.05) is 53.6 Å². The normalized spacial score (nSPS) is 17.2. The first-order valence-corrected chi connectivity index (χ1v) is 13.7. The van der Waals surface area contributed by atoms with Crippen LogP contribution in [0.15, 0.2) is 0 Å². The van der Waals surface area contributed by atoms with Crippen LogP contribution >= 0.6 is 23.8 Å². The molecule has 0 aromatic heterocycles. The van der Waals surface area contributed by atoms with E-state index in [1.165, 1.54) is 0 Å². The van der Waals surface area contributed by atoms with Crippen LogP contribution in [-0.4, -0.2) is 71.3 Å². The lowest BCUT2D eigenvalue weighted by atomic mass is 9.49. The molecule has 0 amide bonds. The molecule has 32 heavy (non-hydrogen) atoms. The van der Waals surface area contributed by atoms with Gasteiger partial charge in [-0.25, -0.2) is 4.57 Å². The summed E-state index contributed by atoms with van der Waals surface area (Å²) in [5.74, 6) is -0.478. The third-order valence-corrected chi connectivity index (χ3v) is 10.1. The van der Waals surface area contributed by atoms with Crippen LogP contribution in [0.5, 0.6) is 0 Å². The van der Waals surface area contributed by atoms with Gasteiger partial charge in [-0.3, -0.25) is 13.8 Å². The van der Waals surface area contributed by atoms with E-state index < -0.39 is 34.5 Å². The minimum atomic E-state index is -4.23. The van der Waals surface area contributed by atoms with Crippen LogP contribution in [-0.2, 0) is 23.1 Å². The second-order valence-corrected chi connectivity index (χ2v) is 12.2. The zero-order valence-corrected chi connectivity index (χ0v) is 23.8. The van der Waals surface area contributed by atoms with Gasteiger partial charge in [0.2, 0.25) is 0 Å². The van der Waals surface area contributed by atoms with Crippen LogP contribution in [0.3, 0.4) is 0 Å².